The predicted octanol–water partition coefficient (Wildman–Crippen LogP) is 2.74. The number of ether oxygens (including phenoxy) is 1. The van der Waals surface area contributed by atoms with Gasteiger partial charge >= 0.3 is 0 Å². The van der Waals surface area contributed by atoms with Gasteiger partial charge in [-0.2, -0.15) is 0 Å². The van der Waals surface area contributed by atoms with E-state index in [0.29, 0.717) is 17.4 Å². The molecule has 0 bridgehead atoms. The molecule has 0 saturated carbocycles. The van der Waals surface area contributed by atoms with Crippen LogP contribution in [-0.4, -0.2) is 18.3 Å². The number of hydrogen-bond acceptors (Lipinski definition) is 2. The third-order valence-corrected chi connectivity index (χ3v) is 1.98. The zero-order chi connectivity index (χ0) is 10.4. The highest BCUT2D eigenvalue weighted by molar-refractivity contribution is 6.32. The average Bonchev–Trinajstić information content (AvgIpc) is 2.19. The third-order valence-electron chi connectivity index (χ3n) is 1.67. The lowest BCUT2D eigenvalue weighted by molar-refractivity contribution is 0.340. The summed E-state index contributed by atoms with van der Waals surface area (Å²) in [4.78, 5) is 0. The molecular weight excluding hydrogens is 200 g/mol. The van der Waals surface area contributed by atoms with E-state index in [2.05, 4.69) is 0 Å². The molecule has 0 aliphatic carbocycles. The number of aliphatic hydroxyl groups excluding tert-OH is 1. The van der Waals surface area contributed by atoms with E-state index in [1.807, 2.05) is 25.1 Å². The van der Waals surface area contributed by atoms with Crippen molar-refractivity contribution in [1.29, 1.82) is 0 Å². The van der Waals surface area contributed by atoms with Crippen LogP contribution in [0.15, 0.2) is 24.3 Å². The van der Waals surface area contributed by atoms with Gasteiger partial charge in [0.1, 0.15) is 5.75 Å². The van der Waals surface area contributed by atoms with Gasteiger partial charge in [0.05, 0.1) is 18.2 Å². The Morgan fingerprint density at radius 1 is 1.50 bits per heavy atom. The number of hydrogen-bond donors (Lipinski definition) is 1. The van der Waals surface area contributed by atoms with E-state index in [9.17, 15) is 0 Å². The fourth-order valence-electron chi connectivity index (χ4n) is 1.08. The highest BCUT2D eigenvalue weighted by Gasteiger charge is 2.00. The van der Waals surface area contributed by atoms with E-state index in [4.69, 9.17) is 21.4 Å². The number of aliphatic hydroxyl groups is 1. The van der Waals surface area contributed by atoms with E-state index in [1.165, 1.54) is 0 Å². The van der Waals surface area contributed by atoms with Crippen LogP contribution in [0.5, 0.6) is 5.75 Å². The molecule has 0 aromatic heterocycles. The van der Waals surface area contributed by atoms with Crippen LogP contribution < -0.4 is 4.74 Å². The first-order valence-corrected chi connectivity index (χ1v) is 4.85. The van der Waals surface area contributed by atoms with Gasteiger partial charge in [-0.1, -0.05) is 29.8 Å². The maximum absolute atomic E-state index is 8.61. The van der Waals surface area contributed by atoms with Crippen LogP contribution in [-0.2, 0) is 0 Å². The average molecular weight is 213 g/mol. The maximum Gasteiger partial charge on any atom is 0.138 e. The summed E-state index contributed by atoms with van der Waals surface area (Å²) in [6.07, 6.45) is 3.48. The van der Waals surface area contributed by atoms with Crippen molar-refractivity contribution in [3.8, 4) is 5.75 Å². The van der Waals surface area contributed by atoms with Gasteiger partial charge < -0.3 is 9.84 Å². The van der Waals surface area contributed by atoms with Crippen molar-refractivity contribution >= 4 is 17.7 Å². The molecule has 0 aliphatic heterocycles. The molecule has 0 heterocycles. The molecule has 0 unspecified atom stereocenters. The van der Waals surface area contributed by atoms with Gasteiger partial charge in [0.25, 0.3) is 0 Å². The van der Waals surface area contributed by atoms with Crippen molar-refractivity contribution in [1.82, 2.24) is 0 Å². The molecule has 0 radical (unpaired) electrons. The molecule has 0 spiro atoms. The van der Waals surface area contributed by atoms with Gasteiger partial charge in [-0.25, -0.2) is 0 Å². The van der Waals surface area contributed by atoms with Gasteiger partial charge in [0.15, 0.2) is 0 Å². The molecule has 0 amide bonds. The SMILES string of the molecule is CCOc1cc(/C=C/CO)ccc1Cl. The molecule has 1 aromatic carbocycles. The monoisotopic (exact) mass is 212 g/mol. The lowest BCUT2D eigenvalue weighted by Gasteiger charge is -2.05. The number of rotatable bonds is 4. The van der Waals surface area contributed by atoms with E-state index in [-0.39, 0.29) is 6.61 Å². The largest absolute Gasteiger partial charge is 0.492 e. The second-order valence-corrected chi connectivity index (χ2v) is 3.12. The minimum absolute atomic E-state index is 0.0343. The van der Waals surface area contributed by atoms with Crippen LogP contribution >= 0.6 is 11.6 Å². The van der Waals surface area contributed by atoms with E-state index in [1.54, 1.807) is 12.1 Å². The van der Waals surface area contributed by atoms with Gasteiger partial charge in [0, 0.05) is 0 Å². The van der Waals surface area contributed by atoms with E-state index in [0.717, 1.165) is 5.56 Å². The van der Waals surface area contributed by atoms with Crippen LogP contribution in [0.3, 0.4) is 0 Å². The predicted molar refractivity (Wildman–Crippen MR) is 58.7 cm³/mol. The molecule has 14 heavy (non-hydrogen) atoms. The van der Waals surface area contributed by atoms with Crippen molar-refractivity contribution in [2.45, 2.75) is 6.92 Å². The fourth-order valence-corrected chi connectivity index (χ4v) is 1.25. The Morgan fingerprint density at radius 2 is 2.29 bits per heavy atom. The molecule has 1 N–H and O–H groups in total. The Bertz CT molecular complexity index is 321. The molecule has 2 nitrogen and oxygen atoms in total. The molecule has 0 saturated heterocycles. The number of benzene rings is 1. The summed E-state index contributed by atoms with van der Waals surface area (Å²) in [5.41, 5.74) is 0.965. The second-order valence-electron chi connectivity index (χ2n) is 2.71. The minimum atomic E-state index is 0.0343. The molecule has 1 aromatic rings. The Hall–Kier alpha value is -0.990. The van der Waals surface area contributed by atoms with Gasteiger partial charge in [-0.15, -0.1) is 0 Å². The number of halogens is 1. The Morgan fingerprint density at radius 3 is 2.93 bits per heavy atom. The molecule has 76 valence electrons. The van der Waals surface area contributed by atoms with Crippen LogP contribution in [0.25, 0.3) is 6.08 Å². The van der Waals surface area contributed by atoms with Gasteiger partial charge in [-0.3, -0.25) is 0 Å². The molecule has 0 fully saturated rings. The van der Waals surface area contributed by atoms with Crippen molar-refractivity contribution in [3.05, 3.63) is 34.9 Å². The molecule has 0 atom stereocenters. The van der Waals surface area contributed by atoms with Crippen LogP contribution in [0, 0.1) is 0 Å². The molecular formula is C11H13ClO2. The summed E-state index contributed by atoms with van der Waals surface area (Å²) in [6.45, 7) is 2.53. The standard InChI is InChI=1S/C11H13ClO2/c1-2-14-11-8-9(4-3-7-13)5-6-10(11)12/h3-6,8,13H,2,7H2,1H3/b4-3+. The van der Waals surface area contributed by atoms with Crippen LogP contribution in [0.4, 0.5) is 0 Å². The lowest BCUT2D eigenvalue weighted by atomic mass is 10.2. The van der Waals surface area contributed by atoms with Crippen LogP contribution in [0.1, 0.15) is 12.5 Å². The first kappa shape index (κ1) is 11.1. The first-order chi connectivity index (χ1) is 6.77. The summed E-state index contributed by atoms with van der Waals surface area (Å²) < 4.78 is 5.33. The van der Waals surface area contributed by atoms with E-state index < -0.39 is 0 Å². The zero-order valence-electron chi connectivity index (χ0n) is 8.03. The fraction of sp³-hybridized carbons (Fsp3) is 0.273. The Balaban J connectivity index is 2.88. The third kappa shape index (κ3) is 3.05. The highest BCUT2D eigenvalue weighted by atomic mass is 35.5. The molecule has 3 heteroatoms. The highest BCUT2D eigenvalue weighted by Crippen LogP contribution is 2.25. The molecule has 1 rings (SSSR count). The zero-order valence-corrected chi connectivity index (χ0v) is 8.79. The maximum atomic E-state index is 8.61. The van der Waals surface area contributed by atoms with Crippen molar-refractivity contribution in [3.63, 3.8) is 0 Å². The summed E-state index contributed by atoms with van der Waals surface area (Å²) in [6, 6.07) is 5.50. The van der Waals surface area contributed by atoms with Crippen molar-refractivity contribution in [2.75, 3.05) is 13.2 Å². The summed E-state index contributed by atoms with van der Waals surface area (Å²) in [7, 11) is 0. The second kappa shape index (κ2) is 5.68. The summed E-state index contributed by atoms with van der Waals surface area (Å²) in [5.74, 6) is 0.675. The smallest absolute Gasteiger partial charge is 0.138 e. The Kier molecular flexibility index (Phi) is 4.50. The van der Waals surface area contributed by atoms with Crippen LogP contribution in [0.2, 0.25) is 5.02 Å². The lowest BCUT2D eigenvalue weighted by Crippen LogP contribution is -1.92. The summed E-state index contributed by atoms with van der Waals surface area (Å²) in [5, 5.41) is 9.22. The minimum Gasteiger partial charge on any atom is -0.492 e. The van der Waals surface area contributed by atoms with Gasteiger partial charge in [0.2, 0.25) is 0 Å². The van der Waals surface area contributed by atoms with Gasteiger partial charge in [-0.05, 0) is 24.6 Å². The van der Waals surface area contributed by atoms with Crippen molar-refractivity contribution in [2.24, 2.45) is 0 Å². The first-order valence-electron chi connectivity index (χ1n) is 4.47. The molecule has 0 aliphatic rings. The van der Waals surface area contributed by atoms with E-state index >= 15 is 0 Å². The normalized spacial score (nSPS) is 10.8. The summed E-state index contributed by atoms with van der Waals surface area (Å²) >= 11 is 5.91. The van der Waals surface area contributed by atoms with Crippen molar-refractivity contribution < 1.29 is 9.84 Å². The Labute approximate surface area is 88.8 Å². The quantitative estimate of drug-likeness (QED) is 0.832. The topological polar surface area (TPSA) is 29.5 Å².